The molecule has 0 saturated heterocycles. The zero-order valence-corrected chi connectivity index (χ0v) is 22.7. The molecule has 0 fully saturated rings. The molecule has 0 heterocycles. The first-order chi connectivity index (χ1) is 16.8. The average molecular weight is 530 g/mol. The van der Waals surface area contributed by atoms with Crippen molar-refractivity contribution in [1.29, 1.82) is 0 Å². The summed E-state index contributed by atoms with van der Waals surface area (Å²) in [6, 6.07) is 18.8. The summed E-state index contributed by atoms with van der Waals surface area (Å²) in [7, 11) is -3.82. The molecule has 0 spiro atoms. The first kappa shape index (κ1) is 27.5. The molecule has 7 nitrogen and oxygen atoms in total. The second kappa shape index (κ2) is 10.9. The maximum atomic E-state index is 13.7. The van der Waals surface area contributed by atoms with Crippen molar-refractivity contribution in [3.8, 4) is 0 Å². The van der Waals surface area contributed by atoms with Gasteiger partial charge in [-0.15, -0.1) is 0 Å². The molecule has 0 bridgehead atoms. The highest BCUT2D eigenvalue weighted by Crippen LogP contribution is 2.28. The Morgan fingerprint density at radius 1 is 0.972 bits per heavy atom. The number of benzene rings is 3. The molecular formula is C27H32ClN3O4S. The Bertz CT molecular complexity index is 1350. The number of nitrogens with zero attached hydrogens (tertiary/aromatic N) is 2. The van der Waals surface area contributed by atoms with Crippen molar-refractivity contribution in [2.75, 3.05) is 17.1 Å². The summed E-state index contributed by atoms with van der Waals surface area (Å²) in [5, 5.41) is 5.02. The Kier molecular flexibility index (Phi) is 8.31. The van der Waals surface area contributed by atoms with Gasteiger partial charge in [0, 0.05) is 22.5 Å². The standard InChI is InChI=1S/C27H32ClN3O4S/c1-19(26(33)29-27(2,3)4)30(17-20-13-15-22(28)16-14-20)25(32)18-31(36(5,34)35)24-12-8-10-21-9-6-7-11-23(21)24/h6-16,19H,17-18H2,1-5H3,(H,29,33)/t19-/m1/s1. The van der Waals surface area contributed by atoms with Gasteiger partial charge in [-0.05, 0) is 56.8 Å². The first-order valence-electron chi connectivity index (χ1n) is 11.6. The smallest absolute Gasteiger partial charge is 0.244 e. The van der Waals surface area contributed by atoms with Gasteiger partial charge in [0.05, 0.1) is 11.9 Å². The molecule has 36 heavy (non-hydrogen) atoms. The minimum Gasteiger partial charge on any atom is -0.350 e. The van der Waals surface area contributed by atoms with Crippen LogP contribution in [0.1, 0.15) is 33.3 Å². The van der Waals surface area contributed by atoms with E-state index in [1.54, 1.807) is 43.3 Å². The summed E-state index contributed by atoms with van der Waals surface area (Å²) in [4.78, 5) is 28.1. The van der Waals surface area contributed by atoms with Gasteiger partial charge in [-0.3, -0.25) is 13.9 Å². The third-order valence-corrected chi connectivity index (χ3v) is 7.02. The van der Waals surface area contributed by atoms with Crippen LogP contribution in [0, 0.1) is 0 Å². The molecule has 1 N–H and O–H groups in total. The van der Waals surface area contributed by atoms with Gasteiger partial charge in [-0.2, -0.15) is 0 Å². The third kappa shape index (κ3) is 6.98. The summed E-state index contributed by atoms with van der Waals surface area (Å²) >= 11 is 6.01. The fourth-order valence-electron chi connectivity index (χ4n) is 3.86. The quantitative estimate of drug-likeness (QED) is 0.462. The van der Waals surface area contributed by atoms with Crippen LogP contribution in [0.4, 0.5) is 5.69 Å². The minimum atomic E-state index is -3.82. The van der Waals surface area contributed by atoms with Crippen LogP contribution in [0.15, 0.2) is 66.7 Å². The maximum absolute atomic E-state index is 13.7. The Morgan fingerprint density at radius 3 is 2.19 bits per heavy atom. The van der Waals surface area contributed by atoms with E-state index in [0.29, 0.717) is 16.1 Å². The van der Waals surface area contributed by atoms with Gasteiger partial charge in [0.1, 0.15) is 12.6 Å². The van der Waals surface area contributed by atoms with Crippen molar-refractivity contribution in [3.05, 3.63) is 77.3 Å². The third-order valence-electron chi connectivity index (χ3n) is 5.65. The molecule has 3 aromatic carbocycles. The zero-order chi connectivity index (χ0) is 26.7. The number of halogens is 1. The average Bonchev–Trinajstić information content (AvgIpc) is 2.79. The molecule has 0 unspecified atom stereocenters. The number of hydrogen-bond acceptors (Lipinski definition) is 4. The van der Waals surface area contributed by atoms with Crippen molar-refractivity contribution in [1.82, 2.24) is 10.2 Å². The monoisotopic (exact) mass is 529 g/mol. The van der Waals surface area contributed by atoms with Gasteiger partial charge in [-0.25, -0.2) is 8.42 Å². The largest absolute Gasteiger partial charge is 0.350 e. The van der Waals surface area contributed by atoms with Gasteiger partial charge >= 0.3 is 0 Å². The molecule has 2 amide bonds. The molecule has 0 radical (unpaired) electrons. The van der Waals surface area contributed by atoms with Crippen LogP contribution in [-0.2, 0) is 26.2 Å². The molecule has 0 aromatic heterocycles. The zero-order valence-electron chi connectivity index (χ0n) is 21.2. The maximum Gasteiger partial charge on any atom is 0.244 e. The molecular weight excluding hydrogens is 498 g/mol. The Morgan fingerprint density at radius 2 is 1.58 bits per heavy atom. The molecule has 0 aliphatic carbocycles. The predicted molar refractivity (Wildman–Crippen MR) is 145 cm³/mol. The van der Waals surface area contributed by atoms with Crippen LogP contribution in [0.3, 0.4) is 0 Å². The van der Waals surface area contributed by atoms with Crippen molar-refractivity contribution >= 4 is 49.9 Å². The molecule has 192 valence electrons. The number of carbonyl (C=O) groups excluding carboxylic acids is 2. The van der Waals surface area contributed by atoms with Crippen LogP contribution in [0.5, 0.6) is 0 Å². The number of amides is 2. The van der Waals surface area contributed by atoms with E-state index in [1.165, 1.54) is 4.90 Å². The predicted octanol–water partition coefficient (Wildman–Crippen LogP) is 4.59. The highest BCUT2D eigenvalue weighted by Gasteiger charge is 2.31. The first-order valence-corrected chi connectivity index (χ1v) is 13.8. The number of sulfonamides is 1. The van der Waals surface area contributed by atoms with E-state index in [-0.39, 0.29) is 12.5 Å². The van der Waals surface area contributed by atoms with Crippen LogP contribution in [0.25, 0.3) is 10.8 Å². The van der Waals surface area contributed by atoms with E-state index < -0.39 is 34.1 Å². The van der Waals surface area contributed by atoms with E-state index >= 15 is 0 Å². The van der Waals surface area contributed by atoms with Crippen molar-refractivity contribution in [3.63, 3.8) is 0 Å². The van der Waals surface area contributed by atoms with E-state index in [0.717, 1.165) is 21.5 Å². The molecule has 0 aliphatic rings. The van der Waals surface area contributed by atoms with Gasteiger partial charge in [-0.1, -0.05) is 60.1 Å². The van der Waals surface area contributed by atoms with E-state index in [9.17, 15) is 18.0 Å². The Labute approximate surface area is 218 Å². The number of nitrogens with one attached hydrogen (secondary N) is 1. The Balaban J connectivity index is 1.99. The lowest BCUT2D eigenvalue weighted by atomic mass is 10.1. The van der Waals surface area contributed by atoms with Crippen LogP contribution in [0.2, 0.25) is 5.02 Å². The number of hydrogen-bond donors (Lipinski definition) is 1. The van der Waals surface area contributed by atoms with Crippen molar-refractivity contribution < 1.29 is 18.0 Å². The highest BCUT2D eigenvalue weighted by atomic mass is 35.5. The normalized spacial score (nSPS) is 12.7. The van der Waals surface area contributed by atoms with E-state index in [2.05, 4.69) is 5.32 Å². The second-order valence-electron chi connectivity index (χ2n) is 9.83. The number of anilines is 1. The molecule has 0 aliphatic heterocycles. The summed E-state index contributed by atoms with van der Waals surface area (Å²) < 4.78 is 26.9. The van der Waals surface area contributed by atoms with E-state index in [4.69, 9.17) is 11.6 Å². The van der Waals surface area contributed by atoms with E-state index in [1.807, 2.05) is 51.1 Å². The molecule has 9 heteroatoms. The van der Waals surface area contributed by atoms with Gasteiger partial charge in [0.15, 0.2) is 0 Å². The molecule has 3 aromatic rings. The fourth-order valence-corrected chi connectivity index (χ4v) is 4.85. The number of rotatable bonds is 8. The summed E-state index contributed by atoms with van der Waals surface area (Å²) in [5.74, 6) is -0.833. The second-order valence-corrected chi connectivity index (χ2v) is 12.2. The summed E-state index contributed by atoms with van der Waals surface area (Å²) in [5.41, 5.74) is 0.670. The highest BCUT2D eigenvalue weighted by molar-refractivity contribution is 7.92. The van der Waals surface area contributed by atoms with Crippen molar-refractivity contribution in [2.24, 2.45) is 0 Å². The minimum absolute atomic E-state index is 0.113. The lowest BCUT2D eigenvalue weighted by Gasteiger charge is -2.33. The van der Waals surface area contributed by atoms with Crippen LogP contribution >= 0.6 is 11.6 Å². The molecule has 0 saturated carbocycles. The number of carbonyl (C=O) groups is 2. The van der Waals surface area contributed by atoms with Gasteiger partial charge in [0.2, 0.25) is 21.8 Å². The molecule has 1 atom stereocenters. The van der Waals surface area contributed by atoms with Crippen molar-refractivity contribution in [2.45, 2.75) is 45.8 Å². The summed E-state index contributed by atoms with van der Waals surface area (Å²) in [6.07, 6.45) is 1.07. The SMILES string of the molecule is C[C@H](C(=O)NC(C)(C)C)N(Cc1ccc(Cl)cc1)C(=O)CN(c1cccc2ccccc12)S(C)(=O)=O. The topological polar surface area (TPSA) is 86.8 Å². The lowest BCUT2D eigenvalue weighted by molar-refractivity contribution is -0.140. The number of fused-ring (bicyclic) bond motifs is 1. The lowest BCUT2D eigenvalue weighted by Crippen LogP contribution is -2.54. The van der Waals surface area contributed by atoms with Gasteiger partial charge < -0.3 is 10.2 Å². The van der Waals surface area contributed by atoms with Crippen LogP contribution in [-0.4, -0.2) is 49.5 Å². The summed E-state index contributed by atoms with van der Waals surface area (Å²) in [6.45, 7) is 6.87. The Hall–Kier alpha value is -3.10. The fraction of sp³-hybridized carbons (Fsp3) is 0.333. The van der Waals surface area contributed by atoms with Gasteiger partial charge in [0.25, 0.3) is 0 Å². The van der Waals surface area contributed by atoms with Crippen LogP contribution < -0.4 is 9.62 Å². The molecule has 3 rings (SSSR count).